The molecule has 0 saturated heterocycles. The van der Waals surface area contributed by atoms with E-state index in [1.165, 1.54) is 29.7 Å². The minimum Gasteiger partial charge on any atom is -0.496 e. The normalized spacial score (nSPS) is 13.6. The number of rotatable bonds is 12. The number of hydrogen-bond acceptors (Lipinski definition) is 7. The maximum atomic E-state index is 14.6. The zero-order chi connectivity index (χ0) is 32.4. The number of ether oxygens (including phenoxy) is 2. The Morgan fingerprint density at radius 3 is 2.53 bits per heavy atom. The number of nitrogens with one attached hydrogen (secondary N) is 1. The van der Waals surface area contributed by atoms with Gasteiger partial charge in [-0.25, -0.2) is 4.79 Å². The zero-order valence-corrected chi connectivity index (χ0v) is 27.5. The van der Waals surface area contributed by atoms with Gasteiger partial charge in [0.1, 0.15) is 22.4 Å². The van der Waals surface area contributed by atoms with Gasteiger partial charge in [0.2, 0.25) is 5.91 Å². The van der Waals surface area contributed by atoms with Gasteiger partial charge >= 0.3 is 5.69 Å². The van der Waals surface area contributed by atoms with E-state index in [9.17, 15) is 19.2 Å². The summed E-state index contributed by atoms with van der Waals surface area (Å²) in [7, 11) is 4.44. The van der Waals surface area contributed by atoms with Crippen molar-refractivity contribution in [1.82, 2.24) is 19.4 Å². The van der Waals surface area contributed by atoms with Crippen molar-refractivity contribution in [2.45, 2.75) is 39.3 Å². The van der Waals surface area contributed by atoms with Gasteiger partial charge in [-0.2, -0.15) is 0 Å². The highest BCUT2D eigenvalue weighted by atomic mass is 35.5. The Labute approximate surface area is 270 Å². The number of hydrogen-bond donors (Lipinski definition) is 1. The first-order valence-corrected chi connectivity index (χ1v) is 16.0. The van der Waals surface area contributed by atoms with Crippen LogP contribution in [0.2, 0.25) is 5.02 Å². The third-order valence-electron chi connectivity index (χ3n) is 7.74. The second-order valence-corrected chi connectivity index (χ2v) is 13.3. The summed E-state index contributed by atoms with van der Waals surface area (Å²) >= 11 is 7.33. The summed E-state index contributed by atoms with van der Waals surface area (Å²) in [5, 5.41) is 3.71. The molecule has 1 atom stereocenters. The van der Waals surface area contributed by atoms with Crippen molar-refractivity contribution in [1.29, 1.82) is 0 Å². The van der Waals surface area contributed by atoms with Gasteiger partial charge in [-0.05, 0) is 60.6 Å². The SMILES string of the molecule is COc1cc(Cl)ccc1C(C(=O)NCC1CC1)N(Cc1cccc(OCC(C)C)c1)C(=O)c1cc2c(=O)n(C)c(=O)n(C)c2s1. The van der Waals surface area contributed by atoms with Crippen LogP contribution in [0.15, 0.2) is 58.1 Å². The lowest BCUT2D eigenvalue weighted by molar-refractivity contribution is -0.126. The molecule has 0 bridgehead atoms. The maximum Gasteiger partial charge on any atom is 0.331 e. The van der Waals surface area contributed by atoms with Crippen molar-refractivity contribution in [2.24, 2.45) is 25.9 Å². The first-order chi connectivity index (χ1) is 21.5. The third-order valence-corrected chi connectivity index (χ3v) is 9.18. The molecule has 2 amide bonds. The molecular weight excluding hydrogens is 616 g/mol. The summed E-state index contributed by atoms with van der Waals surface area (Å²) in [4.78, 5) is 56.4. The highest BCUT2D eigenvalue weighted by Crippen LogP contribution is 2.36. The molecule has 238 valence electrons. The number of aromatic nitrogens is 2. The van der Waals surface area contributed by atoms with E-state index in [4.69, 9.17) is 21.1 Å². The number of benzene rings is 2. The van der Waals surface area contributed by atoms with Crippen LogP contribution >= 0.6 is 22.9 Å². The van der Waals surface area contributed by atoms with Gasteiger partial charge in [-0.1, -0.05) is 43.6 Å². The van der Waals surface area contributed by atoms with Crippen molar-refractivity contribution in [3.8, 4) is 11.5 Å². The van der Waals surface area contributed by atoms with Gasteiger partial charge in [0.05, 0.1) is 24.0 Å². The third kappa shape index (κ3) is 7.10. The molecule has 1 aliphatic carbocycles. The molecule has 4 aromatic rings. The van der Waals surface area contributed by atoms with E-state index in [0.29, 0.717) is 51.9 Å². The summed E-state index contributed by atoms with van der Waals surface area (Å²) in [6, 6.07) is 12.8. The highest BCUT2D eigenvalue weighted by Gasteiger charge is 2.36. The predicted molar refractivity (Wildman–Crippen MR) is 175 cm³/mol. The number of amides is 2. The van der Waals surface area contributed by atoms with Gasteiger partial charge in [0, 0.05) is 37.8 Å². The highest BCUT2D eigenvalue weighted by molar-refractivity contribution is 7.20. The molecule has 0 spiro atoms. The monoisotopic (exact) mass is 652 g/mol. The summed E-state index contributed by atoms with van der Waals surface area (Å²) in [5.74, 6) is 0.873. The number of thiophene rings is 1. The number of carbonyl (C=O) groups is 2. The van der Waals surface area contributed by atoms with Crippen LogP contribution in [0, 0.1) is 11.8 Å². The molecule has 10 nitrogen and oxygen atoms in total. The van der Waals surface area contributed by atoms with Gasteiger partial charge < -0.3 is 19.7 Å². The van der Waals surface area contributed by atoms with Crippen LogP contribution in [0.4, 0.5) is 0 Å². The number of fused-ring (bicyclic) bond motifs is 1. The van der Waals surface area contributed by atoms with E-state index in [2.05, 4.69) is 19.2 Å². The Kier molecular flexibility index (Phi) is 9.69. The standard InChI is InChI=1S/C33H37ClN4O6S/c1-19(2)18-44-23-8-6-7-21(13-23)17-38(31(41)27-15-25-30(40)36(3)33(42)37(4)32(25)45-27)28(29(39)35-16-20-9-10-20)24-12-11-22(34)14-26(24)43-5/h6-8,11-15,19-20,28H,9-10,16-18H2,1-5H3,(H,35,39). The average molecular weight is 653 g/mol. The Bertz CT molecular complexity index is 1860. The molecule has 2 aromatic heterocycles. The van der Waals surface area contributed by atoms with Crippen molar-refractivity contribution >= 4 is 45.0 Å². The number of methoxy groups -OCH3 is 1. The topological polar surface area (TPSA) is 112 Å². The van der Waals surface area contributed by atoms with E-state index in [-0.39, 0.29) is 22.7 Å². The molecule has 1 N–H and O–H groups in total. The van der Waals surface area contributed by atoms with Crippen LogP contribution < -0.4 is 26.0 Å². The minimum absolute atomic E-state index is 0.0379. The van der Waals surface area contributed by atoms with Gasteiger partial charge in [-0.15, -0.1) is 11.3 Å². The molecule has 1 aliphatic rings. The summed E-state index contributed by atoms with van der Waals surface area (Å²) < 4.78 is 14.0. The van der Waals surface area contributed by atoms with E-state index in [1.54, 1.807) is 25.2 Å². The largest absolute Gasteiger partial charge is 0.496 e. The molecule has 1 fully saturated rings. The second-order valence-electron chi connectivity index (χ2n) is 11.8. The van der Waals surface area contributed by atoms with Crippen molar-refractivity contribution in [3.63, 3.8) is 0 Å². The number of aryl methyl sites for hydroxylation is 1. The summed E-state index contributed by atoms with van der Waals surface area (Å²) in [5.41, 5.74) is 0.205. The maximum absolute atomic E-state index is 14.6. The van der Waals surface area contributed by atoms with Crippen LogP contribution in [0.3, 0.4) is 0 Å². The van der Waals surface area contributed by atoms with E-state index < -0.39 is 23.2 Å². The van der Waals surface area contributed by atoms with Crippen molar-refractivity contribution in [2.75, 3.05) is 20.3 Å². The molecule has 0 radical (unpaired) electrons. The van der Waals surface area contributed by atoms with E-state index in [0.717, 1.165) is 34.3 Å². The van der Waals surface area contributed by atoms with Gasteiger partial charge in [0.25, 0.3) is 11.5 Å². The molecule has 0 aliphatic heterocycles. The Morgan fingerprint density at radius 2 is 1.84 bits per heavy atom. The van der Waals surface area contributed by atoms with Crippen molar-refractivity contribution in [3.05, 3.63) is 90.4 Å². The quantitative estimate of drug-likeness (QED) is 0.233. The van der Waals surface area contributed by atoms with Gasteiger partial charge in [-0.3, -0.25) is 23.5 Å². The second kappa shape index (κ2) is 13.5. The van der Waals surface area contributed by atoms with Crippen molar-refractivity contribution < 1.29 is 19.1 Å². The molecule has 1 saturated carbocycles. The van der Waals surface area contributed by atoms with E-state index >= 15 is 0 Å². The number of halogens is 1. The number of nitrogens with zero attached hydrogens (tertiary/aromatic N) is 3. The molecule has 12 heteroatoms. The lowest BCUT2D eigenvalue weighted by Crippen LogP contribution is -2.44. The fraction of sp³-hybridized carbons (Fsp3) is 0.394. The van der Waals surface area contributed by atoms with Crippen LogP contribution in [0.25, 0.3) is 10.2 Å². The van der Waals surface area contributed by atoms with Crippen LogP contribution in [-0.2, 0) is 25.4 Å². The van der Waals surface area contributed by atoms with E-state index in [1.807, 2.05) is 24.3 Å². The fourth-order valence-corrected chi connectivity index (χ4v) is 6.33. The summed E-state index contributed by atoms with van der Waals surface area (Å²) in [6.07, 6.45) is 2.08. The first kappa shape index (κ1) is 32.3. The molecule has 2 heterocycles. The van der Waals surface area contributed by atoms with Crippen LogP contribution in [0.1, 0.15) is 53.5 Å². The average Bonchev–Trinajstić information content (AvgIpc) is 3.76. The molecule has 45 heavy (non-hydrogen) atoms. The molecule has 5 rings (SSSR count). The summed E-state index contributed by atoms with van der Waals surface area (Å²) in [6.45, 7) is 5.17. The van der Waals surface area contributed by atoms with Crippen LogP contribution in [0.5, 0.6) is 11.5 Å². The minimum atomic E-state index is -1.11. The molecular formula is C33H37ClN4O6S. The lowest BCUT2D eigenvalue weighted by atomic mass is 10.0. The number of carbonyl (C=O) groups excluding carboxylic acids is 2. The first-order valence-electron chi connectivity index (χ1n) is 14.8. The lowest BCUT2D eigenvalue weighted by Gasteiger charge is -2.32. The predicted octanol–water partition coefficient (Wildman–Crippen LogP) is 4.91. The molecule has 2 aromatic carbocycles. The molecule has 1 unspecified atom stereocenters. The zero-order valence-electron chi connectivity index (χ0n) is 26.0. The Balaban J connectivity index is 1.65. The fourth-order valence-electron chi connectivity index (χ4n) is 5.11. The Morgan fingerprint density at radius 1 is 1.09 bits per heavy atom. The smallest absolute Gasteiger partial charge is 0.331 e. The van der Waals surface area contributed by atoms with Gasteiger partial charge in [0.15, 0.2) is 0 Å². The van der Waals surface area contributed by atoms with Crippen LogP contribution in [-0.4, -0.2) is 46.1 Å². The Hall–Kier alpha value is -4.09.